The number of nitrogens with one attached hydrogen (secondary N) is 1. The van der Waals surface area contributed by atoms with Crippen LogP contribution in [-0.4, -0.2) is 11.5 Å². The molecular weight excluding hydrogens is 319 g/mol. The van der Waals surface area contributed by atoms with Crippen molar-refractivity contribution in [2.45, 2.75) is 39.5 Å². The molecule has 0 amide bonds. The number of nitrogens with zero attached hydrogens (tertiary/aromatic N) is 1. The summed E-state index contributed by atoms with van der Waals surface area (Å²) >= 11 is 3.35. The minimum Gasteiger partial charge on any atom is -0.384 e. The number of pyridine rings is 1. The largest absolute Gasteiger partial charge is 0.384 e. The van der Waals surface area contributed by atoms with Crippen molar-refractivity contribution in [2.75, 3.05) is 11.9 Å². The van der Waals surface area contributed by atoms with E-state index in [4.69, 9.17) is 0 Å². The van der Waals surface area contributed by atoms with Gasteiger partial charge in [0.2, 0.25) is 0 Å². The second kappa shape index (κ2) is 5.68. The first-order valence-electron chi connectivity index (χ1n) is 6.87. The first kappa shape index (κ1) is 15.2. The van der Waals surface area contributed by atoms with E-state index in [2.05, 4.69) is 53.9 Å². The average Bonchev–Trinajstić information content (AvgIpc) is 2.34. The van der Waals surface area contributed by atoms with Crippen LogP contribution in [0.25, 0.3) is 10.9 Å². The molecule has 0 aliphatic rings. The van der Waals surface area contributed by atoms with Crippen molar-refractivity contribution in [3.63, 3.8) is 0 Å². The third kappa shape index (κ3) is 3.11. The van der Waals surface area contributed by atoms with Crippen LogP contribution in [0, 0.1) is 5.82 Å². The molecule has 20 heavy (non-hydrogen) atoms. The lowest BCUT2D eigenvalue weighted by Gasteiger charge is -2.20. The Morgan fingerprint density at radius 3 is 2.55 bits per heavy atom. The number of rotatable bonds is 3. The maximum absolute atomic E-state index is 14.2. The lowest BCUT2D eigenvalue weighted by Crippen LogP contribution is -2.15. The molecule has 0 saturated heterocycles. The van der Waals surface area contributed by atoms with Gasteiger partial charge in [-0.15, -0.1) is 0 Å². The van der Waals surface area contributed by atoms with Gasteiger partial charge in [0.15, 0.2) is 5.82 Å². The predicted octanol–water partition coefficient (Wildman–Crippen LogP) is 5.26. The lowest BCUT2D eigenvalue weighted by molar-refractivity contribution is 0.569. The van der Waals surface area contributed by atoms with E-state index in [0.717, 1.165) is 34.2 Å². The van der Waals surface area contributed by atoms with Gasteiger partial charge in [-0.05, 0) is 24.6 Å². The zero-order valence-electron chi connectivity index (χ0n) is 12.3. The van der Waals surface area contributed by atoms with Crippen LogP contribution in [0.4, 0.5) is 10.1 Å². The Bertz CT molecular complexity index is 632. The number of halogens is 2. The molecule has 1 aromatic heterocycles. The number of benzene rings is 1. The van der Waals surface area contributed by atoms with E-state index in [1.54, 1.807) is 0 Å². The molecule has 1 aromatic carbocycles. The van der Waals surface area contributed by atoms with Gasteiger partial charge >= 0.3 is 0 Å². The standard InChI is InChI=1S/C16H20BrFN2/c1-5-6-19-13-9-14(16(2,3)4)20-15-11(13)7-10(17)8-12(15)18/h7-9H,5-6H2,1-4H3,(H,19,20). The van der Waals surface area contributed by atoms with Gasteiger partial charge in [0, 0.05) is 33.2 Å². The molecule has 0 unspecified atom stereocenters. The smallest absolute Gasteiger partial charge is 0.150 e. The van der Waals surface area contributed by atoms with E-state index < -0.39 is 0 Å². The Balaban J connectivity index is 2.71. The van der Waals surface area contributed by atoms with Crippen LogP contribution >= 0.6 is 15.9 Å². The lowest BCUT2D eigenvalue weighted by atomic mass is 9.90. The van der Waals surface area contributed by atoms with Gasteiger partial charge in [0.25, 0.3) is 0 Å². The minimum absolute atomic E-state index is 0.115. The summed E-state index contributed by atoms with van der Waals surface area (Å²) in [6.45, 7) is 9.22. The Kier molecular flexibility index (Phi) is 4.33. The fourth-order valence-electron chi connectivity index (χ4n) is 2.04. The van der Waals surface area contributed by atoms with E-state index in [-0.39, 0.29) is 11.2 Å². The Morgan fingerprint density at radius 2 is 1.95 bits per heavy atom. The van der Waals surface area contributed by atoms with Gasteiger partial charge in [0.05, 0.1) is 0 Å². The normalized spacial score (nSPS) is 11.9. The van der Waals surface area contributed by atoms with Crippen molar-refractivity contribution in [2.24, 2.45) is 0 Å². The molecule has 0 saturated carbocycles. The average molecular weight is 339 g/mol. The zero-order valence-corrected chi connectivity index (χ0v) is 13.9. The third-order valence-electron chi connectivity index (χ3n) is 3.17. The second-order valence-corrected chi connectivity index (χ2v) is 6.93. The molecule has 2 nitrogen and oxygen atoms in total. The molecule has 1 heterocycles. The van der Waals surface area contributed by atoms with Crippen molar-refractivity contribution in [3.05, 3.63) is 34.2 Å². The van der Waals surface area contributed by atoms with Crippen LogP contribution in [0.1, 0.15) is 39.8 Å². The van der Waals surface area contributed by atoms with Crippen molar-refractivity contribution in [1.29, 1.82) is 0 Å². The summed E-state index contributed by atoms with van der Waals surface area (Å²) in [5.41, 5.74) is 2.15. The SMILES string of the molecule is CCCNc1cc(C(C)(C)C)nc2c(F)cc(Br)cc12. The summed E-state index contributed by atoms with van der Waals surface area (Å²) in [5.74, 6) is -0.292. The fourth-order valence-corrected chi connectivity index (χ4v) is 2.47. The summed E-state index contributed by atoms with van der Waals surface area (Å²) in [5, 5.41) is 4.19. The quantitative estimate of drug-likeness (QED) is 0.825. The molecule has 0 radical (unpaired) electrons. The van der Waals surface area contributed by atoms with Crippen LogP contribution in [-0.2, 0) is 5.41 Å². The van der Waals surface area contributed by atoms with Crippen LogP contribution in [0.15, 0.2) is 22.7 Å². The molecule has 0 aliphatic carbocycles. The second-order valence-electron chi connectivity index (χ2n) is 6.02. The molecule has 0 bridgehead atoms. The highest BCUT2D eigenvalue weighted by Gasteiger charge is 2.19. The maximum atomic E-state index is 14.2. The zero-order chi connectivity index (χ0) is 14.9. The Labute approximate surface area is 127 Å². The van der Waals surface area contributed by atoms with Crippen LogP contribution < -0.4 is 5.32 Å². The first-order valence-corrected chi connectivity index (χ1v) is 7.66. The van der Waals surface area contributed by atoms with Gasteiger partial charge in [0.1, 0.15) is 5.52 Å². The first-order chi connectivity index (χ1) is 9.32. The molecule has 0 aliphatic heterocycles. The van der Waals surface area contributed by atoms with E-state index in [0.29, 0.717) is 5.52 Å². The molecular formula is C16H20BrFN2. The van der Waals surface area contributed by atoms with Crippen LogP contribution in [0.5, 0.6) is 0 Å². The highest BCUT2D eigenvalue weighted by Crippen LogP contribution is 2.32. The van der Waals surface area contributed by atoms with Crippen molar-refractivity contribution < 1.29 is 4.39 Å². The topological polar surface area (TPSA) is 24.9 Å². The maximum Gasteiger partial charge on any atom is 0.150 e. The third-order valence-corrected chi connectivity index (χ3v) is 3.62. The number of fused-ring (bicyclic) bond motifs is 1. The molecule has 0 atom stereocenters. The van der Waals surface area contributed by atoms with E-state index in [1.807, 2.05) is 12.1 Å². The minimum atomic E-state index is -0.292. The van der Waals surface area contributed by atoms with E-state index >= 15 is 0 Å². The summed E-state index contributed by atoms with van der Waals surface area (Å²) < 4.78 is 14.9. The summed E-state index contributed by atoms with van der Waals surface area (Å²) in [6.07, 6.45) is 1.02. The van der Waals surface area contributed by atoms with Crippen molar-refractivity contribution >= 4 is 32.5 Å². The van der Waals surface area contributed by atoms with Crippen LogP contribution in [0.2, 0.25) is 0 Å². The van der Waals surface area contributed by atoms with Gasteiger partial charge in [-0.3, -0.25) is 0 Å². The molecule has 2 aromatic rings. The predicted molar refractivity (Wildman–Crippen MR) is 86.9 cm³/mol. The molecule has 108 valence electrons. The number of hydrogen-bond acceptors (Lipinski definition) is 2. The monoisotopic (exact) mass is 338 g/mol. The molecule has 4 heteroatoms. The fraction of sp³-hybridized carbons (Fsp3) is 0.438. The van der Waals surface area contributed by atoms with Gasteiger partial charge < -0.3 is 5.32 Å². The molecule has 1 N–H and O–H groups in total. The summed E-state index contributed by atoms with van der Waals surface area (Å²) in [4.78, 5) is 4.52. The Morgan fingerprint density at radius 1 is 1.25 bits per heavy atom. The highest BCUT2D eigenvalue weighted by molar-refractivity contribution is 9.10. The summed E-state index contributed by atoms with van der Waals surface area (Å²) in [6, 6.07) is 5.41. The van der Waals surface area contributed by atoms with Gasteiger partial charge in [-0.1, -0.05) is 43.6 Å². The van der Waals surface area contributed by atoms with Crippen LogP contribution in [0.3, 0.4) is 0 Å². The number of hydrogen-bond donors (Lipinski definition) is 1. The molecule has 0 fully saturated rings. The Hall–Kier alpha value is -1.16. The van der Waals surface area contributed by atoms with Gasteiger partial charge in [-0.2, -0.15) is 0 Å². The van der Waals surface area contributed by atoms with E-state index in [9.17, 15) is 4.39 Å². The number of aromatic nitrogens is 1. The highest BCUT2D eigenvalue weighted by atomic mass is 79.9. The molecule has 0 spiro atoms. The molecule has 2 rings (SSSR count). The van der Waals surface area contributed by atoms with E-state index in [1.165, 1.54) is 6.07 Å². The van der Waals surface area contributed by atoms with Gasteiger partial charge in [-0.25, -0.2) is 9.37 Å². The number of anilines is 1. The summed E-state index contributed by atoms with van der Waals surface area (Å²) in [7, 11) is 0. The van der Waals surface area contributed by atoms with Crippen molar-refractivity contribution in [1.82, 2.24) is 4.98 Å². The van der Waals surface area contributed by atoms with Crippen molar-refractivity contribution in [3.8, 4) is 0 Å².